The maximum atomic E-state index is 11.6. The third-order valence-corrected chi connectivity index (χ3v) is 2.81. The monoisotopic (exact) mass is 251 g/mol. The molecule has 0 aliphatic heterocycles. The first-order valence-corrected chi connectivity index (χ1v) is 5.98. The minimum Gasteiger partial charge on any atom is -0.496 e. The maximum Gasteiger partial charge on any atom is 0.330 e. The summed E-state index contributed by atoms with van der Waals surface area (Å²) in [6.45, 7) is 5.64. The largest absolute Gasteiger partial charge is 0.496 e. The summed E-state index contributed by atoms with van der Waals surface area (Å²) in [6, 6.07) is 5.78. The summed E-state index contributed by atoms with van der Waals surface area (Å²) >= 11 is 0. The molecule has 0 heterocycles. The number of methoxy groups -OCH3 is 2. The summed E-state index contributed by atoms with van der Waals surface area (Å²) in [5, 5.41) is 3.16. The molecule has 0 aliphatic rings. The van der Waals surface area contributed by atoms with Gasteiger partial charge in [-0.05, 0) is 44.0 Å². The average molecular weight is 251 g/mol. The molecule has 18 heavy (non-hydrogen) atoms. The first-order chi connectivity index (χ1) is 8.44. The molecule has 1 rings (SSSR count). The van der Waals surface area contributed by atoms with E-state index < -0.39 is 5.54 Å². The molecule has 1 aromatic carbocycles. The number of ether oxygens (including phenoxy) is 2. The van der Waals surface area contributed by atoms with Gasteiger partial charge in [-0.15, -0.1) is 0 Å². The van der Waals surface area contributed by atoms with Crippen LogP contribution in [-0.2, 0) is 16.0 Å². The van der Waals surface area contributed by atoms with Crippen molar-refractivity contribution in [3.05, 3.63) is 23.8 Å². The van der Waals surface area contributed by atoms with Gasteiger partial charge in [0.15, 0.2) is 0 Å². The van der Waals surface area contributed by atoms with Gasteiger partial charge in [-0.3, -0.25) is 0 Å². The summed E-state index contributed by atoms with van der Waals surface area (Å²) in [5.41, 5.74) is 1.22. The Morgan fingerprint density at radius 2 is 2.00 bits per heavy atom. The summed E-state index contributed by atoms with van der Waals surface area (Å²) in [6.07, 6.45) is 0.872. The molecule has 0 radical (unpaired) electrons. The fourth-order valence-electron chi connectivity index (χ4n) is 1.80. The third kappa shape index (κ3) is 3.15. The lowest BCUT2D eigenvalue weighted by Gasteiger charge is -2.25. The number of hydrogen-bond donors (Lipinski definition) is 1. The zero-order chi connectivity index (χ0) is 13.8. The third-order valence-electron chi connectivity index (χ3n) is 2.81. The Kier molecular flexibility index (Phi) is 4.59. The van der Waals surface area contributed by atoms with Crippen molar-refractivity contribution in [3.8, 4) is 5.75 Å². The van der Waals surface area contributed by atoms with Gasteiger partial charge in [-0.2, -0.15) is 0 Å². The molecule has 0 bridgehead atoms. The second-order valence-corrected chi connectivity index (χ2v) is 4.62. The van der Waals surface area contributed by atoms with E-state index in [4.69, 9.17) is 9.47 Å². The number of carbonyl (C=O) groups is 1. The number of benzene rings is 1. The van der Waals surface area contributed by atoms with Crippen LogP contribution in [0.4, 0.5) is 5.69 Å². The number of hydrogen-bond acceptors (Lipinski definition) is 4. The summed E-state index contributed by atoms with van der Waals surface area (Å²) < 4.78 is 10.0. The summed E-state index contributed by atoms with van der Waals surface area (Å²) in [7, 11) is 3.04. The van der Waals surface area contributed by atoms with Crippen LogP contribution in [0.5, 0.6) is 5.75 Å². The van der Waals surface area contributed by atoms with E-state index in [0.717, 1.165) is 23.4 Å². The fourth-order valence-corrected chi connectivity index (χ4v) is 1.80. The molecule has 0 fully saturated rings. The fraction of sp³-hybridized carbons (Fsp3) is 0.500. The predicted octanol–water partition coefficient (Wildman–Crippen LogP) is 2.62. The predicted molar refractivity (Wildman–Crippen MR) is 72.1 cm³/mol. The average Bonchev–Trinajstić information content (AvgIpc) is 2.36. The molecule has 1 aromatic rings. The molecule has 0 atom stereocenters. The molecule has 100 valence electrons. The molecule has 1 N–H and O–H groups in total. The van der Waals surface area contributed by atoms with Crippen LogP contribution in [0.15, 0.2) is 18.2 Å². The Bertz CT molecular complexity index is 427. The van der Waals surface area contributed by atoms with E-state index in [2.05, 4.69) is 12.2 Å². The summed E-state index contributed by atoms with van der Waals surface area (Å²) in [5.74, 6) is 0.565. The molecule has 0 saturated carbocycles. The molecule has 0 aromatic heterocycles. The Morgan fingerprint density at radius 3 is 2.50 bits per heavy atom. The maximum absolute atomic E-state index is 11.6. The molecular weight excluding hydrogens is 230 g/mol. The number of nitrogens with one attached hydrogen (secondary N) is 1. The van der Waals surface area contributed by atoms with Crippen molar-refractivity contribution in [2.75, 3.05) is 19.5 Å². The molecule has 0 amide bonds. The van der Waals surface area contributed by atoms with Crippen molar-refractivity contribution >= 4 is 11.7 Å². The van der Waals surface area contributed by atoms with Gasteiger partial charge in [-0.25, -0.2) is 4.79 Å². The number of carbonyl (C=O) groups excluding carboxylic acids is 1. The topological polar surface area (TPSA) is 47.6 Å². The number of aryl methyl sites for hydroxylation is 1. The van der Waals surface area contributed by atoms with Gasteiger partial charge in [0.2, 0.25) is 0 Å². The van der Waals surface area contributed by atoms with Crippen LogP contribution in [0, 0.1) is 0 Å². The lowest BCUT2D eigenvalue weighted by molar-refractivity contribution is -0.144. The number of esters is 1. The van der Waals surface area contributed by atoms with E-state index in [-0.39, 0.29) is 5.97 Å². The first-order valence-electron chi connectivity index (χ1n) is 5.98. The molecular formula is C14H21NO3. The van der Waals surface area contributed by atoms with Gasteiger partial charge >= 0.3 is 5.97 Å². The normalized spacial score (nSPS) is 10.9. The van der Waals surface area contributed by atoms with E-state index in [1.54, 1.807) is 21.0 Å². The van der Waals surface area contributed by atoms with E-state index in [1.807, 2.05) is 18.2 Å². The quantitative estimate of drug-likeness (QED) is 0.817. The van der Waals surface area contributed by atoms with Crippen LogP contribution in [-0.4, -0.2) is 25.7 Å². The highest BCUT2D eigenvalue weighted by Gasteiger charge is 2.28. The second-order valence-electron chi connectivity index (χ2n) is 4.62. The summed E-state index contributed by atoms with van der Waals surface area (Å²) in [4.78, 5) is 11.6. The highest BCUT2D eigenvalue weighted by atomic mass is 16.5. The van der Waals surface area contributed by atoms with Gasteiger partial charge < -0.3 is 14.8 Å². The Labute approximate surface area is 108 Å². The smallest absolute Gasteiger partial charge is 0.330 e. The van der Waals surface area contributed by atoms with E-state index >= 15 is 0 Å². The van der Waals surface area contributed by atoms with Crippen LogP contribution in [0.2, 0.25) is 0 Å². The Hall–Kier alpha value is -1.71. The number of anilines is 1. The van der Waals surface area contributed by atoms with E-state index in [0.29, 0.717) is 0 Å². The van der Waals surface area contributed by atoms with Crippen LogP contribution in [0.3, 0.4) is 0 Å². The minimum atomic E-state index is -0.756. The van der Waals surface area contributed by atoms with Gasteiger partial charge in [-0.1, -0.05) is 6.92 Å². The van der Waals surface area contributed by atoms with E-state index in [9.17, 15) is 4.79 Å². The Morgan fingerprint density at radius 1 is 1.33 bits per heavy atom. The SMILES string of the molecule is CCc1cc(NC(C)(C)C(=O)OC)ccc1OC. The molecule has 4 nitrogen and oxygen atoms in total. The zero-order valence-corrected chi connectivity index (χ0v) is 11.7. The Balaban J connectivity index is 2.95. The molecule has 0 saturated heterocycles. The van der Waals surface area contributed by atoms with Crippen molar-refractivity contribution < 1.29 is 14.3 Å². The van der Waals surface area contributed by atoms with Crippen molar-refractivity contribution in [1.29, 1.82) is 0 Å². The van der Waals surface area contributed by atoms with Gasteiger partial charge in [0.05, 0.1) is 14.2 Å². The van der Waals surface area contributed by atoms with Crippen LogP contribution in [0.25, 0.3) is 0 Å². The van der Waals surface area contributed by atoms with Crippen LogP contribution >= 0.6 is 0 Å². The molecule has 0 aliphatic carbocycles. The van der Waals surface area contributed by atoms with Gasteiger partial charge in [0.1, 0.15) is 11.3 Å². The zero-order valence-electron chi connectivity index (χ0n) is 11.7. The number of rotatable bonds is 5. The van der Waals surface area contributed by atoms with Crippen molar-refractivity contribution in [3.63, 3.8) is 0 Å². The minimum absolute atomic E-state index is 0.295. The van der Waals surface area contributed by atoms with Crippen LogP contribution in [0.1, 0.15) is 26.3 Å². The van der Waals surface area contributed by atoms with Gasteiger partial charge in [0.25, 0.3) is 0 Å². The lowest BCUT2D eigenvalue weighted by Crippen LogP contribution is -2.41. The van der Waals surface area contributed by atoms with E-state index in [1.165, 1.54) is 7.11 Å². The molecule has 0 spiro atoms. The highest BCUT2D eigenvalue weighted by molar-refractivity contribution is 5.83. The van der Waals surface area contributed by atoms with Crippen molar-refractivity contribution in [2.45, 2.75) is 32.7 Å². The molecule has 4 heteroatoms. The molecule has 0 unspecified atom stereocenters. The van der Waals surface area contributed by atoms with Crippen molar-refractivity contribution in [1.82, 2.24) is 0 Å². The lowest BCUT2D eigenvalue weighted by atomic mass is 10.0. The standard InChI is InChI=1S/C14H21NO3/c1-6-10-9-11(7-8-12(10)17-4)15-14(2,3)13(16)18-5/h7-9,15H,6H2,1-5H3. The second kappa shape index (κ2) is 5.76. The first kappa shape index (κ1) is 14.4. The van der Waals surface area contributed by atoms with Crippen molar-refractivity contribution in [2.24, 2.45) is 0 Å². The highest BCUT2D eigenvalue weighted by Crippen LogP contribution is 2.25. The van der Waals surface area contributed by atoms with Crippen LogP contribution < -0.4 is 10.1 Å². The van der Waals surface area contributed by atoms with Gasteiger partial charge in [0, 0.05) is 5.69 Å².